The summed E-state index contributed by atoms with van der Waals surface area (Å²) in [7, 11) is 0. The molecule has 2 aromatic heterocycles. The van der Waals surface area contributed by atoms with E-state index >= 15 is 0 Å². The molecule has 3 nitrogen and oxygen atoms in total. The lowest BCUT2D eigenvalue weighted by Crippen LogP contribution is -2.13. The maximum absolute atomic E-state index is 11.3. The third-order valence-corrected chi connectivity index (χ3v) is 1.83. The summed E-state index contributed by atoms with van der Waals surface area (Å²) in [4.78, 5) is 15.3. The van der Waals surface area contributed by atoms with E-state index in [1.54, 1.807) is 18.3 Å². The number of fused-ring (bicyclic) bond motifs is 1. The van der Waals surface area contributed by atoms with Crippen LogP contribution in [0.3, 0.4) is 0 Å². The lowest BCUT2D eigenvalue weighted by Gasteiger charge is -1.97. The molecule has 0 saturated carbocycles. The summed E-state index contributed by atoms with van der Waals surface area (Å²) in [6.07, 6.45) is 3.00. The molecule has 0 unspecified atom stereocenters. The number of nitrogens with zero attached hydrogens (tertiary/aromatic N) is 2. The minimum absolute atomic E-state index is 0.138. The molecule has 2 rings (SSSR count). The van der Waals surface area contributed by atoms with Crippen molar-refractivity contribution in [1.82, 2.24) is 9.38 Å². The first-order chi connectivity index (χ1) is 5.79. The first-order valence-corrected chi connectivity index (χ1v) is 3.79. The molecule has 0 aliphatic rings. The molecule has 0 radical (unpaired) electrons. The fourth-order valence-corrected chi connectivity index (χ4v) is 1.14. The van der Waals surface area contributed by atoms with Gasteiger partial charge in [-0.05, 0) is 12.1 Å². The van der Waals surface area contributed by atoms with Crippen LogP contribution in [0.5, 0.6) is 0 Å². The molecule has 0 N–H and O–H groups in total. The van der Waals surface area contributed by atoms with Crippen molar-refractivity contribution in [3.63, 3.8) is 0 Å². The van der Waals surface area contributed by atoms with E-state index in [4.69, 9.17) is 11.6 Å². The zero-order valence-corrected chi connectivity index (χ0v) is 6.82. The van der Waals surface area contributed by atoms with Gasteiger partial charge in [0.15, 0.2) is 0 Å². The van der Waals surface area contributed by atoms with Crippen molar-refractivity contribution in [2.24, 2.45) is 0 Å². The number of aromatic nitrogens is 2. The van der Waals surface area contributed by atoms with Gasteiger partial charge in [-0.3, -0.25) is 9.20 Å². The van der Waals surface area contributed by atoms with Crippen molar-refractivity contribution in [2.75, 3.05) is 0 Å². The van der Waals surface area contributed by atoms with Crippen molar-refractivity contribution in [3.05, 3.63) is 46.0 Å². The molecule has 4 heteroatoms. The van der Waals surface area contributed by atoms with Crippen LogP contribution in [0.2, 0.25) is 5.02 Å². The molecule has 0 aromatic carbocycles. The second-order valence-corrected chi connectivity index (χ2v) is 2.75. The van der Waals surface area contributed by atoms with Crippen LogP contribution in [-0.4, -0.2) is 9.38 Å². The third-order valence-electron chi connectivity index (χ3n) is 1.57. The lowest BCUT2D eigenvalue weighted by atomic mass is 10.4. The van der Waals surface area contributed by atoms with Crippen LogP contribution >= 0.6 is 11.6 Å². The van der Waals surface area contributed by atoms with Gasteiger partial charge in [-0.15, -0.1) is 0 Å². The number of hydrogen-bond donors (Lipinski definition) is 0. The van der Waals surface area contributed by atoms with E-state index in [-0.39, 0.29) is 10.6 Å². The highest BCUT2D eigenvalue weighted by atomic mass is 35.5. The number of pyridine rings is 1. The standard InChI is InChI=1S/C8H5ClN2O/c9-6-5-10-7-3-1-2-4-11(7)8(6)12/h1-5H. The molecule has 12 heavy (non-hydrogen) atoms. The van der Waals surface area contributed by atoms with Crippen molar-refractivity contribution in [2.45, 2.75) is 0 Å². The van der Waals surface area contributed by atoms with Crippen molar-refractivity contribution in [3.8, 4) is 0 Å². The molecule has 0 fully saturated rings. The third kappa shape index (κ3) is 0.987. The van der Waals surface area contributed by atoms with Gasteiger partial charge >= 0.3 is 0 Å². The Labute approximate surface area is 73.2 Å². The summed E-state index contributed by atoms with van der Waals surface area (Å²) in [6, 6.07) is 5.32. The van der Waals surface area contributed by atoms with E-state index in [1.165, 1.54) is 10.6 Å². The fourth-order valence-electron chi connectivity index (χ4n) is 1.00. The Bertz CT molecular complexity index is 478. The van der Waals surface area contributed by atoms with Crippen LogP contribution in [-0.2, 0) is 0 Å². The summed E-state index contributed by atoms with van der Waals surface area (Å²) in [6.45, 7) is 0. The Hall–Kier alpha value is -1.35. The monoisotopic (exact) mass is 180 g/mol. The largest absolute Gasteiger partial charge is 0.276 e. The van der Waals surface area contributed by atoms with E-state index in [1.807, 2.05) is 6.07 Å². The van der Waals surface area contributed by atoms with Crippen molar-refractivity contribution < 1.29 is 0 Å². The Morgan fingerprint density at radius 1 is 1.42 bits per heavy atom. The molecule has 2 aromatic rings. The van der Waals surface area contributed by atoms with Gasteiger partial charge in [0.25, 0.3) is 5.56 Å². The number of halogens is 1. The summed E-state index contributed by atoms with van der Waals surface area (Å²) in [5.74, 6) is 0. The van der Waals surface area contributed by atoms with Crippen LogP contribution in [0.15, 0.2) is 35.4 Å². The summed E-state index contributed by atoms with van der Waals surface area (Å²) in [5.41, 5.74) is 0.370. The normalized spacial score (nSPS) is 10.4. The first kappa shape index (κ1) is 7.31. The van der Waals surface area contributed by atoms with Crippen molar-refractivity contribution in [1.29, 1.82) is 0 Å². The molecule has 2 heterocycles. The summed E-state index contributed by atoms with van der Waals surface area (Å²) >= 11 is 5.59. The van der Waals surface area contributed by atoms with Gasteiger partial charge in [-0.25, -0.2) is 4.98 Å². The first-order valence-electron chi connectivity index (χ1n) is 3.41. The van der Waals surface area contributed by atoms with Gasteiger partial charge < -0.3 is 0 Å². The molecule has 0 aliphatic carbocycles. The minimum atomic E-state index is -0.234. The maximum atomic E-state index is 11.3. The molecule has 0 atom stereocenters. The quantitative estimate of drug-likeness (QED) is 0.613. The molecule has 0 spiro atoms. The Morgan fingerprint density at radius 2 is 2.25 bits per heavy atom. The zero-order chi connectivity index (χ0) is 8.55. The highest BCUT2D eigenvalue weighted by Crippen LogP contribution is 2.00. The highest BCUT2D eigenvalue weighted by molar-refractivity contribution is 6.30. The molecule has 0 aliphatic heterocycles. The molecule has 0 bridgehead atoms. The van der Waals surface area contributed by atoms with E-state index in [0.29, 0.717) is 5.65 Å². The van der Waals surface area contributed by atoms with Gasteiger partial charge in [0.1, 0.15) is 10.7 Å². The van der Waals surface area contributed by atoms with Crippen LogP contribution in [0, 0.1) is 0 Å². The SMILES string of the molecule is O=c1c(Cl)cnc2ccccn12. The Morgan fingerprint density at radius 3 is 3.08 bits per heavy atom. The minimum Gasteiger partial charge on any atom is -0.267 e. The van der Waals surface area contributed by atoms with E-state index in [9.17, 15) is 4.79 Å². The van der Waals surface area contributed by atoms with Gasteiger partial charge in [-0.1, -0.05) is 17.7 Å². The van der Waals surface area contributed by atoms with Crippen LogP contribution in [0.25, 0.3) is 5.65 Å². The van der Waals surface area contributed by atoms with Crippen LogP contribution < -0.4 is 5.56 Å². The van der Waals surface area contributed by atoms with Gasteiger partial charge in [0.2, 0.25) is 0 Å². The highest BCUT2D eigenvalue weighted by Gasteiger charge is 1.99. The average molecular weight is 181 g/mol. The lowest BCUT2D eigenvalue weighted by molar-refractivity contribution is 1.05. The Balaban J connectivity index is 3.01. The summed E-state index contributed by atoms with van der Waals surface area (Å²) < 4.78 is 1.41. The fraction of sp³-hybridized carbons (Fsp3) is 0. The zero-order valence-electron chi connectivity index (χ0n) is 6.07. The van der Waals surface area contributed by atoms with Crippen LogP contribution in [0.1, 0.15) is 0 Å². The summed E-state index contributed by atoms with van der Waals surface area (Å²) in [5, 5.41) is 0.138. The van der Waals surface area contributed by atoms with Crippen LogP contribution in [0.4, 0.5) is 0 Å². The van der Waals surface area contributed by atoms with Gasteiger partial charge in [0, 0.05) is 6.20 Å². The van der Waals surface area contributed by atoms with E-state index in [0.717, 1.165) is 0 Å². The van der Waals surface area contributed by atoms with Crippen molar-refractivity contribution >= 4 is 17.2 Å². The predicted octanol–water partition coefficient (Wildman–Crippen LogP) is 1.35. The van der Waals surface area contributed by atoms with Gasteiger partial charge in [-0.2, -0.15) is 0 Å². The number of hydrogen-bond acceptors (Lipinski definition) is 2. The average Bonchev–Trinajstić information content (AvgIpc) is 2.12. The van der Waals surface area contributed by atoms with E-state index < -0.39 is 0 Å². The van der Waals surface area contributed by atoms with Gasteiger partial charge in [0.05, 0.1) is 6.20 Å². The molecule has 60 valence electrons. The maximum Gasteiger partial charge on any atom is 0.276 e. The number of rotatable bonds is 0. The molecule has 0 saturated heterocycles. The second-order valence-electron chi connectivity index (χ2n) is 2.34. The predicted molar refractivity (Wildman–Crippen MR) is 46.5 cm³/mol. The second kappa shape index (κ2) is 2.60. The smallest absolute Gasteiger partial charge is 0.267 e. The molecule has 0 amide bonds. The topological polar surface area (TPSA) is 34.4 Å². The molecular weight excluding hydrogens is 176 g/mol. The Kier molecular flexibility index (Phi) is 1.59. The van der Waals surface area contributed by atoms with E-state index in [2.05, 4.69) is 4.98 Å². The molecular formula is C8H5ClN2O.